The lowest BCUT2D eigenvalue weighted by atomic mass is 9.77. The van der Waals surface area contributed by atoms with Gasteiger partial charge in [0.2, 0.25) is 11.8 Å². The molecule has 19 rings (SSSR count). The summed E-state index contributed by atoms with van der Waals surface area (Å²) in [6, 6.07) is 35.4. The normalized spacial score (nSPS) is 25.1. The quantitative estimate of drug-likeness (QED) is 0.0169. The van der Waals surface area contributed by atoms with Crippen LogP contribution in [0, 0.1) is 30.6 Å². The maximum Gasteiger partial charge on any atom is 0.262 e. The van der Waals surface area contributed by atoms with Gasteiger partial charge in [0.05, 0.1) is 73.1 Å². The number of carbonyl (C=O) groups is 6. The number of fused-ring (bicyclic) bond motifs is 2. The topological polar surface area (TPSA) is 226 Å². The smallest absolute Gasteiger partial charge is 0.262 e. The third-order valence-electron chi connectivity index (χ3n) is 29.4. The Morgan fingerprint density at radius 2 is 0.651 bits per heavy atom. The summed E-state index contributed by atoms with van der Waals surface area (Å²) in [6.07, 6.45) is 18.9. The van der Waals surface area contributed by atoms with Crippen molar-refractivity contribution in [2.45, 2.75) is 295 Å². The lowest BCUT2D eigenvalue weighted by Gasteiger charge is -2.48. The number of nitrogens with one attached hydrogen (secondary N) is 2. The highest BCUT2D eigenvalue weighted by Gasteiger charge is 2.52. The number of carbonyl (C=O) groups excluding carboxylic acids is 6. The summed E-state index contributed by atoms with van der Waals surface area (Å²) in [4.78, 5) is 110. The van der Waals surface area contributed by atoms with E-state index < -0.39 is 47.5 Å². The summed E-state index contributed by atoms with van der Waals surface area (Å²) in [5, 5.41) is 10.4. The van der Waals surface area contributed by atoms with Crippen LogP contribution < -0.4 is 29.6 Å². The number of imide groups is 2. The van der Waals surface area contributed by atoms with Gasteiger partial charge >= 0.3 is 0 Å². The van der Waals surface area contributed by atoms with Crippen LogP contribution in [-0.2, 0) is 28.5 Å². The summed E-state index contributed by atoms with van der Waals surface area (Å²) >= 11 is 0. The van der Waals surface area contributed by atoms with Crippen LogP contribution >= 0.6 is 0 Å². The van der Waals surface area contributed by atoms with E-state index in [1.165, 1.54) is 9.80 Å². The molecule has 6 amide bonds. The molecule has 126 heavy (non-hydrogen) atoms. The van der Waals surface area contributed by atoms with E-state index in [1.54, 1.807) is 24.3 Å². The molecule has 0 radical (unpaired) electrons. The maximum atomic E-state index is 17.3. The minimum atomic E-state index is -1.28. The molecule has 9 aromatic rings. The standard InChI is InChI=1S/C106H126N6O14/c1-58(2)66-28-38-76(39-29-66)124-88-49-84-92-85(102(114)111(101(84)113)99(61(7)8)105(117)109(71-20-12-16-64(44-71)26-36-79-54-119-79)72-21-13-17-65(45-72)27-37-80-55-120-80)50-90(126-78-42-32-68(33-43-78)60(5)6)96-95-89(125-77-40-30-67(31-41-77)59(3)4)51-86-91-83(48-87(93(97(91)95)94(88)98(92)96)123-75-34-24-63(11)25-35-75)103(115)112(104(86)116)100(62(9)10)106(118)110(73-22-14-18-69(46-73)107-52-81-56-121-81)74-23-15-19-70(47-74)108-53-82-57-122-82/h24-25,28-35,38-43,48-51,58-62,64-65,69-74,79-82,99-100,107-108H,12-23,26-27,36-37,44-47,52-57H2,1-11H3. The minimum Gasteiger partial charge on any atom is -0.457 e. The van der Waals surface area contributed by atoms with Crippen molar-refractivity contribution in [3.05, 3.63) is 166 Å². The zero-order chi connectivity index (χ0) is 87.2. The average Bonchev–Trinajstić information content (AvgIpc) is 0.958. The van der Waals surface area contributed by atoms with E-state index in [1.807, 2.05) is 132 Å². The van der Waals surface area contributed by atoms with E-state index in [0.717, 1.165) is 177 Å². The van der Waals surface area contributed by atoms with E-state index in [9.17, 15) is 0 Å². The first-order chi connectivity index (χ1) is 60.9. The first kappa shape index (κ1) is 85.9. The molecule has 4 saturated heterocycles. The number of hydrogen-bond acceptors (Lipinski definition) is 16. The highest BCUT2D eigenvalue weighted by molar-refractivity contribution is 6.45. The number of epoxide rings is 4. The second kappa shape index (κ2) is 35.8. The summed E-state index contributed by atoms with van der Waals surface area (Å²) in [5.74, 6) is -0.587. The number of ether oxygens (including phenoxy) is 8. The second-order valence-electron chi connectivity index (χ2n) is 40.1. The molecule has 14 atom stereocenters. The van der Waals surface area contributed by atoms with Gasteiger partial charge in [-0.05, 0) is 241 Å². The lowest BCUT2D eigenvalue weighted by Crippen LogP contribution is -2.62. The Hall–Kier alpha value is -9.54. The van der Waals surface area contributed by atoms with Crippen LogP contribution in [0.2, 0.25) is 0 Å². The van der Waals surface area contributed by atoms with Crippen LogP contribution in [0.4, 0.5) is 0 Å². The molecule has 8 fully saturated rings. The molecule has 10 aliphatic rings. The Kier molecular flexibility index (Phi) is 24.4. The average molecular weight is 1710 g/mol. The number of amides is 6. The Balaban J connectivity index is 0.848. The zero-order valence-electron chi connectivity index (χ0n) is 75.4. The molecular formula is C106H126N6O14. The van der Waals surface area contributed by atoms with E-state index in [-0.39, 0.29) is 146 Å². The molecule has 6 aliphatic heterocycles. The van der Waals surface area contributed by atoms with E-state index in [0.29, 0.717) is 80.0 Å². The molecular weight excluding hydrogens is 1580 g/mol. The lowest BCUT2D eigenvalue weighted by molar-refractivity contribution is -0.145. The van der Waals surface area contributed by atoms with Crippen LogP contribution in [0.15, 0.2) is 121 Å². The maximum absolute atomic E-state index is 17.3. The molecule has 4 aliphatic carbocycles. The largest absolute Gasteiger partial charge is 0.457 e. The monoisotopic (exact) mass is 1710 g/mol. The molecule has 0 spiro atoms. The summed E-state index contributed by atoms with van der Waals surface area (Å²) < 4.78 is 53.1. The fourth-order valence-corrected chi connectivity index (χ4v) is 22.3. The van der Waals surface area contributed by atoms with E-state index in [4.69, 9.17) is 37.9 Å². The van der Waals surface area contributed by atoms with Crippen LogP contribution in [0.1, 0.15) is 279 Å². The van der Waals surface area contributed by atoms with E-state index >= 15 is 28.8 Å². The predicted octanol–water partition coefficient (Wildman–Crippen LogP) is 21.6. The molecule has 9 aromatic carbocycles. The van der Waals surface area contributed by atoms with Gasteiger partial charge < -0.3 is 58.3 Å². The molecule has 664 valence electrons. The Morgan fingerprint density at radius 3 is 0.937 bits per heavy atom. The van der Waals surface area contributed by atoms with Gasteiger partial charge in [-0.1, -0.05) is 149 Å². The molecule has 0 aromatic heterocycles. The van der Waals surface area contributed by atoms with Crippen molar-refractivity contribution in [3.63, 3.8) is 0 Å². The molecule has 20 nitrogen and oxygen atoms in total. The number of rotatable bonds is 33. The third kappa shape index (κ3) is 17.5. The van der Waals surface area contributed by atoms with Crippen LogP contribution in [0.3, 0.4) is 0 Å². The number of hydrogen-bond donors (Lipinski definition) is 2. The number of benzene rings is 9. The van der Waals surface area contributed by atoms with Gasteiger partial charge in [0, 0.05) is 92.4 Å². The zero-order valence-corrected chi connectivity index (χ0v) is 75.4. The Bertz CT molecular complexity index is 5480. The van der Waals surface area contributed by atoms with Gasteiger partial charge in [-0.3, -0.25) is 38.6 Å². The third-order valence-corrected chi connectivity index (χ3v) is 29.4. The fraction of sp³-hybridized carbons (Fsp3) is 0.528. The van der Waals surface area contributed by atoms with E-state index in [2.05, 4.69) is 62.0 Å². The molecule has 6 heterocycles. The van der Waals surface area contributed by atoms with Crippen molar-refractivity contribution in [1.82, 2.24) is 30.2 Å². The van der Waals surface area contributed by atoms with Crippen molar-refractivity contribution in [2.75, 3.05) is 39.5 Å². The Labute approximate surface area is 741 Å². The van der Waals surface area contributed by atoms with Crippen LogP contribution in [0.25, 0.3) is 43.1 Å². The van der Waals surface area contributed by atoms with Crippen molar-refractivity contribution >= 4 is 78.5 Å². The summed E-state index contributed by atoms with van der Waals surface area (Å²) in [6.45, 7) is 27.1. The van der Waals surface area contributed by atoms with Gasteiger partial charge in [-0.25, -0.2) is 0 Å². The van der Waals surface area contributed by atoms with Crippen LogP contribution in [-0.4, -0.2) is 167 Å². The first-order valence-corrected chi connectivity index (χ1v) is 47.7. The van der Waals surface area contributed by atoms with Gasteiger partial charge in [0.1, 0.15) is 58.1 Å². The van der Waals surface area contributed by atoms with Crippen molar-refractivity contribution in [1.29, 1.82) is 0 Å². The van der Waals surface area contributed by atoms with Gasteiger partial charge in [-0.15, -0.1) is 0 Å². The Morgan fingerprint density at radius 1 is 0.365 bits per heavy atom. The first-order valence-electron chi connectivity index (χ1n) is 47.7. The molecule has 0 bridgehead atoms. The molecule has 2 N–H and O–H groups in total. The highest BCUT2D eigenvalue weighted by Crippen LogP contribution is 2.59. The number of aryl methyl sites for hydroxylation is 1. The summed E-state index contributed by atoms with van der Waals surface area (Å²) in [5.41, 5.74) is 4.65. The van der Waals surface area contributed by atoms with Crippen LogP contribution in [0.5, 0.6) is 46.0 Å². The van der Waals surface area contributed by atoms with Gasteiger partial charge in [-0.2, -0.15) is 0 Å². The van der Waals surface area contributed by atoms with Crippen molar-refractivity contribution in [2.24, 2.45) is 23.7 Å². The predicted molar refractivity (Wildman–Crippen MR) is 490 cm³/mol. The summed E-state index contributed by atoms with van der Waals surface area (Å²) in [7, 11) is 0. The molecule has 14 unspecified atom stereocenters. The van der Waals surface area contributed by atoms with Crippen molar-refractivity contribution in [3.8, 4) is 46.0 Å². The van der Waals surface area contributed by atoms with Gasteiger partial charge in [0.25, 0.3) is 23.6 Å². The van der Waals surface area contributed by atoms with Gasteiger partial charge in [0.15, 0.2) is 0 Å². The molecule has 20 heteroatoms. The second-order valence-corrected chi connectivity index (χ2v) is 40.1. The van der Waals surface area contributed by atoms with Crippen molar-refractivity contribution < 1.29 is 66.7 Å². The SMILES string of the molecule is Cc1ccc(Oc2cc3c4c(cc(Oc5ccc(C(C)C)cc5)c5c6c(Oc7ccc(C(C)C)cc7)cc7c8c(cc(Oc9ccc(C(C)C)cc9)c(c2c45)c86)C(=O)N(C(C(=O)N(C2CCCC(CCC4CO4)C2)C2CCCC(CCC4CO4)C2)C(C)C)C7=O)C(=O)N(C(C(=O)N(C2CCCC(NCC4CO4)C2)C2CCCC(NCC4CO4)C2)C(C)C)C3=O)cc1. The number of nitrogens with zero attached hydrogens (tertiary/aromatic N) is 4. The minimum absolute atomic E-state index is 0.109. The molecule has 4 saturated carbocycles. The highest BCUT2D eigenvalue weighted by atomic mass is 16.6. The fourth-order valence-electron chi connectivity index (χ4n) is 22.3.